The fraction of sp³-hybridized carbons (Fsp3) is 0.529. The molecule has 0 saturated heterocycles. The maximum absolute atomic E-state index is 5.61. The van der Waals surface area contributed by atoms with E-state index in [-0.39, 0.29) is 10.8 Å². The Balaban J connectivity index is 2.62. The third-order valence-corrected chi connectivity index (χ3v) is 4.79. The van der Waals surface area contributed by atoms with Gasteiger partial charge < -0.3 is 9.47 Å². The van der Waals surface area contributed by atoms with Gasteiger partial charge in [-0.3, -0.25) is 0 Å². The monoisotopic (exact) mass is 260 g/mol. The predicted octanol–water partition coefficient (Wildman–Crippen LogP) is 4.26. The summed E-state index contributed by atoms with van der Waals surface area (Å²) >= 11 is 0. The maximum Gasteiger partial charge on any atom is 0.123 e. The van der Waals surface area contributed by atoms with Gasteiger partial charge in [0.25, 0.3) is 0 Å². The van der Waals surface area contributed by atoms with Crippen LogP contribution in [0.25, 0.3) is 0 Å². The van der Waals surface area contributed by atoms with Gasteiger partial charge in [-0.15, -0.1) is 0 Å². The topological polar surface area (TPSA) is 18.5 Å². The van der Waals surface area contributed by atoms with Crippen LogP contribution in [0, 0.1) is 12.3 Å². The van der Waals surface area contributed by atoms with E-state index in [1.54, 1.807) is 14.2 Å². The Morgan fingerprint density at radius 3 is 2.11 bits per heavy atom. The van der Waals surface area contributed by atoms with Crippen molar-refractivity contribution in [1.82, 2.24) is 0 Å². The molecule has 1 aromatic carbocycles. The largest absolute Gasteiger partial charge is 0.496 e. The van der Waals surface area contributed by atoms with Gasteiger partial charge in [-0.25, -0.2) is 0 Å². The van der Waals surface area contributed by atoms with Gasteiger partial charge in [0.2, 0.25) is 0 Å². The molecule has 1 aliphatic carbocycles. The molecule has 0 aliphatic heterocycles. The molecule has 0 bridgehead atoms. The van der Waals surface area contributed by atoms with E-state index >= 15 is 0 Å². The van der Waals surface area contributed by atoms with Gasteiger partial charge in [0.1, 0.15) is 11.5 Å². The van der Waals surface area contributed by atoms with Gasteiger partial charge >= 0.3 is 0 Å². The number of hydrogen-bond donors (Lipinski definition) is 0. The van der Waals surface area contributed by atoms with E-state index in [1.807, 2.05) is 6.92 Å². The Bertz CT molecular complexity index is 514. The summed E-state index contributed by atoms with van der Waals surface area (Å²) in [5, 5.41) is 0. The second-order valence-corrected chi connectivity index (χ2v) is 6.18. The summed E-state index contributed by atoms with van der Waals surface area (Å²) in [7, 11) is 3.46. The van der Waals surface area contributed by atoms with Crippen LogP contribution in [0.3, 0.4) is 0 Å². The molecule has 0 fully saturated rings. The lowest BCUT2D eigenvalue weighted by Crippen LogP contribution is -2.34. The van der Waals surface area contributed by atoms with Crippen molar-refractivity contribution in [1.29, 1.82) is 0 Å². The molecule has 0 N–H and O–H groups in total. The van der Waals surface area contributed by atoms with Crippen LogP contribution in [0.15, 0.2) is 24.3 Å². The van der Waals surface area contributed by atoms with Crippen molar-refractivity contribution in [3.63, 3.8) is 0 Å². The highest BCUT2D eigenvalue weighted by Crippen LogP contribution is 2.53. The second-order valence-electron chi connectivity index (χ2n) is 6.18. The van der Waals surface area contributed by atoms with Crippen LogP contribution in [0.4, 0.5) is 0 Å². The van der Waals surface area contributed by atoms with Crippen molar-refractivity contribution in [3.05, 3.63) is 35.4 Å². The summed E-state index contributed by atoms with van der Waals surface area (Å²) in [5.41, 5.74) is 2.49. The summed E-state index contributed by atoms with van der Waals surface area (Å²) in [6.45, 7) is 8.91. The molecule has 2 rings (SSSR count). The third kappa shape index (κ3) is 2.03. The summed E-state index contributed by atoms with van der Waals surface area (Å²) in [5.74, 6) is 1.89. The zero-order valence-corrected chi connectivity index (χ0v) is 12.8. The first-order valence-corrected chi connectivity index (χ1v) is 6.76. The van der Waals surface area contributed by atoms with Gasteiger partial charge in [0.15, 0.2) is 0 Å². The molecule has 0 spiro atoms. The minimum Gasteiger partial charge on any atom is -0.496 e. The molecule has 1 atom stereocenters. The Hall–Kier alpha value is -1.44. The lowest BCUT2D eigenvalue weighted by Gasteiger charge is -2.39. The van der Waals surface area contributed by atoms with Crippen LogP contribution < -0.4 is 9.47 Å². The van der Waals surface area contributed by atoms with Gasteiger partial charge in [0, 0.05) is 11.0 Å². The number of allylic oxidation sites excluding steroid dienone is 2. The third-order valence-electron chi connectivity index (χ3n) is 4.79. The molecule has 1 aromatic rings. The number of methoxy groups -OCH3 is 2. The highest BCUT2D eigenvalue weighted by atomic mass is 16.5. The quantitative estimate of drug-likeness (QED) is 0.756. The first-order chi connectivity index (χ1) is 8.85. The standard InChI is InChI=1S/C17H24O2/c1-12-10-15(19-6)13(11-14(12)18-5)17(4)9-7-8-16(17,2)3/h7-8,10-11H,9H2,1-6H3/t17-/m0/s1. The summed E-state index contributed by atoms with van der Waals surface area (Å²) in [6, 6.07) is 4.22. The van der Waals surface area contributed by atoms with Crippen LogP contribution in [-0.4, -0.2) is 14.2 Å². The summed E-state index contributed by atoms with van der Waals surface area (Å²) in [4.78, 5) is 0. The van der Waals surface area contributed by atoms with E-state index in [9.17, 15) is 0 Å². The van der Waals surface area contributed by atoms with Crippen LogP contribution in [0.2, 0.25) is 0 Å². The van der Waals surface area contributed by atoms with Crippen molar-refractivity contribution < 1.29 is 9.47 Å². The summed E-state index contributed by atoms with van der Waals surface area (Å²) in [6.07, 6.45) is 5.60. The Labute approximate surface area is 116 Å². The van der Waals surface area contributed by atoms with E-state index in [4.69, 9.17) is 9.47 Å². The number of benzene rings is 1. The van der Waals surface area contributed by atoms with E-state index in [1.165, 1.54) is 5.56 Å². The number of ether oxygens (including phenoxy) is 2. The Morgan fingerprint density at radius 2 is 1.63 bits per heavy atom. The van der Waals surface area contributed by atoms with Crippen molar-refractivity contribution in [2.24, 2.45) is 5.41 Å². The molecule has 0 aromatic heterocycles. The zero-order valence-electron chi connectivity index (χ0n) is 12.8. The minimum atomic E-state index is 0.0410. The second kappa shape index (κ2) is 4.59. The van der Waals surface area contributed by atoms with E-state index < -0.39 is 0 Å². The Kier molecular flexibility index (Phi) is 3.38. The highest BCUT2D eigenvalue weighted by Gasteiger charge is 2.45. The van der Waals surface area contributed by atoms with Crippen molar-refractivity contribution in [3.8, 4) is 11.5 Å². The molecule has 0 unspecified atom stereocenters. The van der Waals surface area contributed by atoms with E-state index in [0.29, 0.717) is 0 Å². The molecule has 0 saturated carbocycles. The van der Waals surface area contributed by atoms with E-state index in [2.05, 4.69) is 45.1 Å². The smallest absolute Gasteiger partial charge is 0.123 e. The molecule has 0 heterocycles. The fourth-order valence-electron chi connectivity index (χ4n) is 2.97. The molecule has 2 heteroatoms. The van der Waals surface area contributed by atoms with Gasteiger partial charge in [0.05, 0.1) is 14.2 Å². The zero-order chi connectivity index (χ0) is 14.3. The van der Waals surface area contributed by atoms with Gasteiger partial charge in [-0.1, -0.05) is 32.9 Å². The van der Waals surface area contributed by atoms with E-state index in [0.717, 1.165) is 23.5 Å². The highest BCUT2D eigenvalue weighted by molar-refractivity contribution is 5.51. The van der Waals surface area contributed by atoms with Crippen LogP contribution >= 0.6 is 0 Å². The van der Waals surface area contributed by atoms with Crippen LogP contribution in [0.5, 0.6) is 11.5 Å². The van der Waals surface area contributed by atoms with Crippen molar-refractivity contribution in [2.45, 2.75) is 39.5 Å². The number of aryl methyl sites for hydroxylation is 1. The Morgan fingerprint density at radius 1 is 1.00 bits per heavy atom. The molecule has 19 heavy (non-hydrogen) atoms. The van der Waals surface area contributed by atoms with Crippen LogP contribution in [0.1, 0.15) is 38.3 Å². The average molecular weight is 260 g/mol. The lowest BCUT2D eigenvalue weighted by molar-refractivity contribution is 0.256. The average Bonchev–Trinajstić information content (AvgIpc) is 2.64. The molecule has 2 nitrogen and oxygen atoms in total. The first-order valence-electron chi connectivity index (χ1n) is 6.76. The minimum absolute atomic E-state index is 0.0410. The maximum atomic E-state index is 5.61. The molecular formula is C17H24O2. The molecule has 0 radical (unpaired) electrons. The fourth-order valence-corrected chi connectivity index (χ4v) is 2.97. The first kappa shape index (κ1) is 14.0. The van der Waals surface area contributed by atoms with Gasteiger partial charge in [-0.05, 0) is 36.5 Å². The predicted molar refractivity (Wildman–Crippen MR) is 79.2 cm³/mol. The molecule has 1 aliphatic rings. The normalized spacial score (nSPS) is 24.5. The SMILES string of the molecule is COc1cc([C@]2(C)CC=CC2(C)C)c(OC)cc1C. The van der Waals surface area contributed by atoms with Crippen molar-refractivity contribution >= 4 is 0 Å². The molecular weight excluding hydrogens is 236 g/mol. The molecule has 104 valence electrons. The van der Waals surface area contributed by atoms with Crippen LogP contribution in [-0.2, 0) is 5.41 Å². The van der Waals surface area contributed by atoms with Crippen molar-refractivity contribution in [2.75, 3.05) is 14.2 Å². The summed E-state index contributed by atoms with van der Waals surface area (Å²) < 4.78 is 11.1. The number of hydrogen-bond acceptors (Lipinski definition) is 2. The molecule has 0 amide bonds. The van der Waals surface area contributed by atoms with Gasteiger partial charge in [-0.2, -0.15) is 0 Å². The lowest BCUT2D eigenvalue weighted by atomic mass is 9.64. The number of rotatable bonds is 3.